The third-order valence-corrected chi connectivity index (χ3v) is 4.80. The van der Waals surface area contributed by atoms with Crippen molar-refractivity contribution in [3.05, 3.63) is 41.5 Å². The van der Waals surface area contributed by atoms with Gasteiger partial charge in [0.2, 0.25) is 0 Å². The van der Waals surface area contributed by atoms with Gasteiger partial charge in [-0.3, -0.25) is 0 Å². The lowest BCUT2D eigenvalue weighted by molar-refractivity contribution is 0.656. The number of nitrogens with one attached hydrogen (secondary N) is 1. The molecule has 1 N–H and O–H groups in total. The van der Waals surface area contributed by atoms with Crippen LogP contribution in [0.2, 0.25) is 0 Å². The summed E-state index contributed by atoms with van der Waals surface area (Å²) in [5, 5.41) is 3.69. The first-order valence-corrected chi connectivity index (χ1v) is 8.58. The normalized spacial score (nSPS) is 20.4. The number of aromatic nitrogens is 3. The van der Waals surface area contributed by atoms with E-state index >= 15 is 0 Å². The van der Waals surface area contributed by atoms with Crippen molar-refractivity contribution in [2.75, 3.05) is 23.3 Å². The number of pyridine rings is 1. The van der Waals surface area contributed by atoms with E-state index in [0.717, 1.165) is 49.8 Å². The second kappa shape index (κ2) is 6.14. The molecule has 2 aromatic rings. The van der Waals surface area contributed by atoms with Crippen LogP contribution in [0.15, 0.2) is 24.4 Å². The van der Waals surface area contributed by atoms with Gasteiger partial charge in [-0.1, -0.05) is 6.07 Å². The Balaban J connectivity index is 1.50. The molecule has 0 amide bonds. The Morgan fingerprint density at radius 3 is 2.96 bits per heavy atom. The maximum atomic E-state index is 4.69. The lowest BCUT2D eigenvalue weighted by atomic mass is 9.96. The Bertz CT molecular complexity index is 685. The zero-order valence-corrected chi connectivity index (χ0v) is 13.6. The third kappa shape index (κ3) is 3.00. The number of nitrogens with zero attached hydrogens (tertiary/aromatic N) is 4. The average molecular weight is 309 g/mol. The molecule has 5 nitrogen and oxygen atoms in total. The van der Waals surface area contributed by atoms with Crippen molar-refractivity contribution in [1.82, 2.24) is 15.0 Å². The Morgan fingerprint density at radius 1 is 1.17 bits per heavy atom. The summed E-state index contributed by atoms with van der Waals surface area (Å²) in [6, 6.07) is 6.52. The van der Waals surface area contributed by atoms with Crippen LogP contribution in [0.4, 0.5) is 11.6 Å². The second-order valence-electron chi connectivity index (χ2n) is 6.52. The number of fused-ring (bicyclic) bond motifs is 1. The van der Waals surface area contributed by atoms with Crippen LogP contribution >= 0.6 is 0 Å². The van der Waals surface area contributed by atoms with Gasteiger partial charge in [-0.2, -0.15) is 0 Å². The van der Waals surface area contributed by atoms with E-state index in [1.165, 1.54) is 24.1 Å². The highest BCUT2D eigenvalue weighted by molar-refractivity contribution is 5.50. The number of anilines is 2. The van der Waals surface area contributed by atoms with Crippen molar-refractivity contribution in [1.29, 1.82) is 0 Å². The smallest absolute Gasteiger partial charge is 0.133 e. The molecule has 120 valence electrons. The van der Waals surface area contributed by atoms with Crippen molar-refractivity contribution in [3.8, 4) is 0 Å². The van der Waals surface area contributed by atoms with Gasteiger partial charge < -0.3 is 10.2 Å². The molecule has 1 aliphatic heterocycles. The van der Waals surface area contributed by atoms with Crippen molar-refractivity contribution in [2.45, 2.75) is 45.1 Å². The first kappa shape index (κ1) is 14.4. The molecule has 0 aromatic carbocycles. The van der Waals surface area contributed by atoms with Gasteiger partial charge in [0.15, 0.2) is 0 Å². The Labute approximate surface area is 137 Å². The lowest BCUT2D eigenvalue weighted by Gasteiger charge is -2.22. The molecular formula is C18H23N5. The van der Waals surface area contributed by atoms with Gasteiger partial charge in [-0.25, -0.2) is 15.0 Å². The zero-order valence-electron chi connectivity index (χ0n) is 13.6. The Hall–Kier alpha value is -2.17. The summed E-state index contributed by atoms with van der Waals surface area (Å²) in [6.07, 6.45) is 7.68. The van der Waals surface area contributed by atoms with E-state index < -0.39 is 0 Å². The highest BCUT2D eigenvalue weighted by Crippen LogP contribution is 2.27. The molecule has 1 atom stereocenters. The molecule has 1 unspecified atom stereocenters. The summed E-state index contributed by atoms with van der Waals surface area (Å²) >= 11 is 0. The summed E-state index contributed by atoms with van der Waals surface area (Å²) in [5.41, 5.74) is 2.60. The van der Waals surface area contributed by atoms with Crippen LogP contribution < -0.4 is 10.2 Å². The van der Waals surface area contributed by atoms with Crippen LogP contribution in [-0.2, 0) is 12.8 Å². The highest BCUT2D eigenvalue weighted by Gasteiger charge is 2.25. The summed E-state index contributed by atoms with van der Waals surface area (Å²) in [5.74, 6) is 3.02. The summed E-state index contributed by atoms with van der Waals surface area (Å²) in [4.78, 5) is 16.1. The van der Waals surface area contributed by atoms with Gasteiger partial charge in [0, 0.05) is 36.6 Å². The number of hydrogen-bond acceptors (Lipinski definition) is 5. The number of rotatable bonds is 3. The van der Waals surface area contributed by atoms with Crippen LogP contribution in [0.3, 0.4) is 0 Å². The number of hydrogen-bond donors (Lipinski definition) is 1. The molecule has 4 rings (SSSR count). The standard InChI is InChI=1S/C18H23N5/c1-13-20-16-7-3-2-6-15(16)18(21-13)22-14-9-11-23(12-14)17-8-4-5-10-19-17/h4-5,8,10,14H,2-3,6-7,9,11-12H2,1H3,(H,20,21,22). The highest BCUT2D eigenvalue weighted by atomic mass is 15.2. The topological polar surface area (TPSA) is 53.9 Å². The van der Waals surface area contributed by atoms with Gasteiger partial charge in [0.25, 0.3) is 0 Å². The van der Waals surface area contributed by atoms with E-state index in [1.807, 2.05) is 25.3 Å². The summed E-state index contributed by atoms with van der Waals surface area (Å²) < 4.78 is 0. The van der Waals surface area contributed by atoms with Gasteiger partial charge >= 0.3 is 0 Å². The molecule has 1 aliphatic carbocycles. The van der Waals surface area contributed by atoms with Gasteiger partial charge in [-0.05, 0) is 51.2 Å². The Morgan fingerprint density at radius 2 is 2.09 bits per heavy atom. The third-order valence-electron chi connectivity index (χ3n) is 4.80. The molecule has 0 radical (unpaired) electrons. The summed E-state index contributed by atoms with van der Waals surface area (Å²) in [6.45, 7) is 4.02. The van der Waals surface area contributed by atoms with E-state index in [0.29, 0.717) is 6.04 Å². The molecule has 0 saturated carbocycles. The van der Waals surface area contributed by atoms with E-state index in [4.69, 9.17) is 4.98 Å². The summed E-state index contributed by atoms with van der Waals surface area (Å²) in [7, 11) is 0. The minimum atomic E-state index is 0.428. The minimum absolute atomic E-state index is 0.428. The van der Waals surface area contributed by atoms with Gasteiger partial charge in [-0.15, -0.1) is 0 Å². The molecule has 1 saturated heterocycles. The van der Waals surface area contributed by atoms with E-state index in [2.05, 4.69) is 26.3 Å². The first-order chi connectivity index (χ1) is 11.3. The molecule has 2 aliphatic rings. The van der Waals surface area contributed by atoms with Gasteiger partial charge in [0.05, 0.1) is 0 Å². The predicted molar refractivity (Wildman–Crippen MR) is 91.9 cm³/mol. The SMILES string of the molecule is Cc1nc2c(c(NC3CCN(c4ccccn4)C3)n1)CCCC2. The van der Waals surface area contributed by atoms with Crippen LogP contribution in [0.25, 0.3) is 0 Å². The fourth-order valence-electron chi connectivity index (χ4n) is 3.66. The average Bonchev–Trinajstić information content (AvgIpc) is 3.04. The molecule has 3 heterocycles. The lowest BCUT2D eigenvalue weighted by Crippen LogP contribution is -2.28. The van der Waals surface area contributed by atoms with E-state index in [1.54, 1.807) is 0 Å². The maximum Gasteiger partial charge on any atom is 0.133 e. The van der Waals surface area contributed by atoms with E-state index in [9.17, 15) is 0 Å². The second-order valence-corrected chi connectivity index (χ2v) is 6.52. The molecular weight excluding hydrogens is 286 g/mol. The van der Waals surface area contributed by atoms with Crippen LogP contribution in [-0.4, -0.2) is 34.1 Å². The molecule has 5 heteroatoms. The Kier molecular flexibility index (Phi) is 3.85. The van der Waals surface area contributed by atoms with Crippen LogP contribution in [0, 0.1) is 6.92 Å². The molecule has 2 aromatic heterocycles. The molecule has 1 fully saturated rings. The molecule has 0 bridgehead atoms. The number of aryl methyl sites for hydroxylation is 2. The quantitative estimate of drug-likeness (QED) is 0.945. The first-order valence-electron chi connectivity index (χ1n) is 8.58. The molecule has 23 heavy (non-hydrogen) atoms. The van der Waals surface area contributed by atoms with Crippen molar-refractivity contribution in [2.24, 2.45) is 0 Å². The van der Waals surface area contributed by atoms with Crippen molar-refractivity contribution < 1.29 is 0 Å². The monoisotopic (exact) mass is 309 g/mol. The van der Waals surface area contributed by atoms with Crippen molar-refractivity contribution in [3.63, 3.8) is 0 Å². The zero-order chi connectivity index (χ0) is 15.6. The van der Waals surface area contributed by atoms with Crippen LogP contribution in [0.5, 0.6) is 0 Å². The largest absolute Gasteiger partial charge is 0.365 e. The molecule has 0 spiro atoms. The fourth-order valence-corrected chi connectivity index (χ4v) is 3.66. The minimum Gasteiger partial charge on any atom is -0.365 e. The fraction of sp³-hybridized carbons (Fsp3) is 0.500. The maximum absolute atomic E-state index is 4.69. The van der Waals surface area contributed by atoms with E-state index in [-0.39, 0.29) is 0 Å². The van der Waals surface area contributed by atoms with Crippen molar-refractivity contribution >= 4 is 11.6 Å². The van der Waals surface area contributed by atoms with Crippen LogP contribution in [0.1, 0.15) is 36.3 Å². The predicted octanol–water partition coefficient (Wildman–Crippen LogP) is 2.75. The van der Waals surface area contributed by atoms with Gasteiger partial charge in [0.1, 0.15) is 17.5 Å².